The fourth-order valence-corrected chi connectivity index (χ4v) is 1.75. The van der Waals surface area contributed by atoms with E-state index in [1.165, 1.54) is 0 Å². The van der Waals surface area contributed by atoms with Crippen LogP contribution in [0.5, 0.6) is 0 Å². The summed E-state index contributed by atoms with van der Waals surface area (Å²) in [6.07, 6.45) is 4.28. The van der Waals surface area contributed by atoms with Gasteiger partial charge in [-0.1, -0.05) is 0 Å². The molecule has 0 bridgehead atoms. The molecule has 2 amide bonds. The number of nitrogens with one attached hydrogen (secondary N) is 2. The molecule has 0 spiro atoms. The Labute approximate surface area is 104 Å². The van der Waals surface area contributed by atoms with Crippen LogP contribution in [0, 0.1) is 0 Å². The monoisotopic (exact) mass is 266 g/mol. The predicted molar refractivity (Wildman–Crippen MR) is 69.3 cm³/mol. The minimum Gasteiger partial charge on any atom is -0.480 e. The standard InChI is InChI=1S/C9H18N2O3S2/c1-15-5-3-7(8(12)13)11-9(14)10-4-6-16-2/h7H,3-6H2,1-2H3,(H,12,13)(H2,10,11,14)/t7-/m1/s1. The van der Waals surface area contributed by atoms with Crippen molar-refractivity contribution >= 4 is 35.5 Å². The Balaban J connectivity index is 3.88. The summed E-state index contributed by atoms with van der Waals surface area (Å²) in [5, 5.41) is 13.9. The second-order valence-corrected chi connectivity index (χ2v) is 5.04. The minimum absolute atomic E-state index is 0.414. The van der Waals surface area contributed by atoms with Crippen molar-refractivity contribution in [3.8, 4) is 0 Å². The summed E-state index contributed by atoms with van der Waals surface area (Å²) < 4.78 is 0. The number of carbonyl (C=O) groups is 2. The van der Waals surface area contributed by atoms with Crippen LogP contribution < -0.4 is 10.6 Å². The van der Waals surface area contributed by atoms with E-state index in [2.05, 4.69) is 10.6 Å². The maximum atomic E-state index is 11.3. The fraction of sp³-hybridized carbons (Fsp3) is 0.778. The van der Waals surface area contributed by atoms with Crippen LogP contribution in [0.1, 0.15) is 6.42 Å². The van der Waals surface area contributed by atoms with Gasteiger partial charge in [-0.3, -0.25) is 0 Å². The Morgan fingerprint density at radius 1 is 1.25 bits per heavy atom. The SMILES string of the molecule is CSCCNC(=O)N[C@H](CCSC)C(=O)O. The number of carboxylic acids is 1. The zero-order valence-corrected chi connectivity index (χ0v) is 11.1. The molecule has 16 heavy (non-hydrogen) atoms. The van der Waals surface area contributed by atoms with E-state index in [1.54, 1.807) is 23.5 Å². The number of carbonyl (C=O) groups excluding carboxylic acids is 1. The number of hydrogen-bond acceptors (Lipinski definition) is 4. The summed E-state index contributed by atoms with van der Waals surface area (Å²) in [7, 11) is 0. The van der Waals surface area contributed by atoms with Gasteiger partial charge in [-0.05, 0) is 24.7 Å². The van der Waals surface area contributed by atoms with E-state index in [0.29, 0.717) is 18.7 Å². The van der Waals surface area contributed by atoms with Gasteiger partial charge in [-0.2, -0.15) is 23.5 Å². The normalized spacial score (nSPS) is 11.9. The Morgan fingerprint density at radius 3 is 2.38 bits per heavy atom. The van der Waals surface area contributed by atoms with Crippen LogP contribution in [0.15, 0.2) is 0 Å². The van der Waals surface area contributed by atoms with E-state index in [9.17, 15) is 9.59 Å². The average molecular weight is 266 g/mol. The first kappa shape index (κ1) is 15.4. The molecule has 0 radical (unpaired) electrons. The van der Waals surface area contributed by atoms with E-state index in [-0.39, 0.29) is 0 Å². The van der Waals surface area contributed by atoms with Gasteiger partial charge in [0.2, 0.25) is 0 Å². The number of urea groups is 1. The molecule has 94 valence electrons. The average Bonchev–Trinajstić information content (AvgIpc) is 2.24. The van der Waals surface area contributed by atoms with Crippen molar-refractivity contribution in [2.45, 2.75) is 12.5 Å². The molecule has 7 heteroatoms. The molecule has 0 aromatic heterocycles. The van der Waals surface area contributed by atoms with Crippen molar-refractivity contribution in [1.29, 1.82) is 0 Å². The highest BCUT2D eigenvalue weighted by Gasteiger charge is 2.18. The van der Waals surface area contributed by atoms with E-state index >= 15 is 0 Å². The maximum Gasteiger partial charge on any atom is 0.326 e. The largest absolute Gasteiger partial charge is 0.480 e. The number of hydrogen-bond donors (Lipinski definition) is 3. The lowest BCUT2D eigenvalue weighted by Gasteiger charge is -2.14. The summed E-state index contributed by atoms with van der Waals surface area (Å²) in [6.45, 7) is 0.544. The lowest BCUT2D eigenvalue weighted by Crippen LogP contribution is -2.46. The van der Waals surface area contributed by atoms with Crippen LogP contribution in [-0.4, -0.2) is 53.7 Å². The molecule has 0 saturated carbocycles. The smallest absolute Gasteiger partial charge is 0.326 e. The third-order valence-electron chi connectivity index (χ3n) is 1.81. The Hall–Kier alpha value is -0.560. The number of aliphatic carboxylic acids is 1. The van der Waals surface area contributed by atoms with Crippen molar-refractivity contribution in [3.05, 3.63) is 0 Å². The number of carboxylic acid groups (broad SMARTS) is 1. The Kier molecular flexibility index (Phi) is 9.31. The molecule has 0 heterocycles. The molecular formula is C9H18N2O3S2. The van der Waals surface area contributed by atoms with E-state index in [4.69, 9.17) is 5.11 Å². The molecule has 5 nitrogen and oxygen atoms in total. The molecule has 0 unspecified atom stereocenters. The molecule has 0 aliphatic rings. The topological polar surface area (TPSA) is 78.4 Å². The number of rotatable bonds is 8. The molecule has 0 aliphatic heterocycles. The van der Waals surface area contributed by atoms with E-state index < -0.39 is 18.0 Å². The summed E-state index contributed by atoms with van der Waals surface area (Å²) in [5.41, 5.74) is 0. The van der Waals surface area contributed by atoms with Gasteiger partial charge in [0.25, 0.3) is 0 Å². The summed E-state index contributed by atoms with van der Waals surface area (Å²) in [6, 6.07) is -1.22. The lowest BCUT2D eigenvalue weighted by atomic mass is 10.2. The molecule has 0 rings (SSSR count). The molecular weight excluding hydrogens is 248 g/mol. The van der Waals surface area contributed by atoms with Gasteiger partial charge >= 0.3 is 12.0 Å². The van der Waals surface area contributed by atoms with E-state index in [1.807, 2.05) is 12.5 Å². The van der Waals surface area contributed by atoms with Crippen molar-refractivity contribution in [1.82, 2.24) is 10.6 Å². The third-order valence-corrected chi connectivity index (χ3v) is 3.06. The quantitative estimate of drug-likeness (QED) is 0.568. The van der Waals surface area contributed by atoms with E-state index in [0.717, 1.165) is 5.75 Å². The molecule has 3 N–H and O–H groups in total. The van der Waals surface area contributed by atoms with Crippen LogP contribution in [0.3, 0.4) is 0 Å². The summed E-state index contributed by atoms with van der Waals surface area (Å²) in [4.78, 5) is 22.1. The Bertz CT molecular complexity index is 227. The number of amides is 2. The molecule has 0 fully saturated rings. The van der Waals surface area contributed by atoms with Crippen LogP contribution >= 0.6 is 23.5 Å². The first-order chi connectivity index (χ1) is 7.61. The highest BCUT2D eigenvalue weighted by molar-refractivity contribution is 7.98. The zero-order chi connectivity index (χ0) is 12.4. The second-order valence-electron chi connectivity index (χ2n) is 3.07. The highest BCUT2D eigenvalue weighted by atomic mass is 32.2. The van der Waals surface area contributed by atoms with Crippen LogP contribution in [-0.2, 0) is 4.79 Å². The van der Waals surface area contributed by atoms with Crippen molar-refractivity contribution in [2.75, 3.05) is 30.6 Å². The van der Waals surface area contributed by atoms with Gasteiger partial charge in [-0.15, -0.1) is 0 Å². The molecule has 0 saturated heterocycles. The third kappa shape index (κ3) is 7.70. The summed E-state index contributed by atoms with van der Waals surface area (Å²) in [5.74, 6) is 0.534. The maximum absolute atomic E-state index is 11.3. The van der Waals surface area contributed by atoms with Crippen LogP contribution in [0.4, 0.5) is 4.79 Å². The van der Waals surface area contributed by atoms with Gasteiger partial charge in [-0.25, -0.2) is 9.59 Å². The van der Waals surface area contributed by atoms with Crippen molar-refractivity contribution in [2.24, 2.45) is 0 Å². The summed E-state index contributed by atoms with van der Waals surface area (Å²) >= 11 is 3.18. The predicted octanol–water partition coefficient (Wildman–Crippen LogP) is 0.855. The molecule has 0 aliphatic carbocycles. The zero-order valence-electron chi connectivity index (χ0n) is 9.49. The fourth-order valence-electron chi connectivity index (χ4n) is 0.969. The van der Waals surface area contributed by atoms with Gasteiger partial charge in [0, 0.05) is 12.3 Å². The van der Waals surface area contributed by atoms with Gasteiger partial charge in [0.15, 0.2) is 0 Å². The lowest BCUT2D eigenvalue weighted by molar-refractivity contribution is -0.139. The highest BCUT2D eigenvalue weighted by Crippen LogP contribution is 2.00. The first-order valence-corrected chi connectivity index (χ1v) is 7.65. The number of thioether (sulfide) groups is 2. The minimum atomic E-state index is -0.992. The van der Waals surface area contributed by atoms with Gasteiger partial charge < -0.3 is 15.7 Å². The van der Waals surface area contributed by atoms with Crippen LogP contribution in [0.25, 0.3) is 0 Å². The van der Waals surface area contributed by atoms with Crippen molar-refractivity contribution in [3.63, 3.8) is 0 Å². The van der Waals surface area contributed by atoms with Gasteiger partial charge in [0.05, 0.1) is 0 Å². The first-order valence-electron chi connectivity index (χ1n) is 4.86. The second kappa shape index (κ2) is 9.65. The molecule has 0 aromatic carbocycles. The molecule has 0 aromatic rings. The van der Waals surface area contributed by atoms with Gasteiger partial charge in [0.1, 0.15) is 6.04 Å². The van der Waals surface area contributed by atoms with Crippen molar-refractivity contribution < 1.29 is 14.7 Å². The Morgan fingerprint density at radius 2 is 1.88 bits per heavy atom. The molecule has 1 atom stereocenters. The van der Waals surface area contributed by atoms with Crippen LogP contribution in [0.2, 0.25) is 0 Å².